The molecule has 0 bridgehead atoms. The fourth-order valence-corrected chi connectivity index (χ4v) is 2.74. The Bertz CT molecular complexity index is 775. The molecule has 0 heterocycles. The van der Waals surface area contributed by atoms with Gasteiger partial charge in [-0.25, -0.2) is 8.78 Å². The Morgan fingerprint density at radius 2 is 1.77 bits per heavy atom. The first kappa shape index (κ1) is 18.2. The summed E-state index contributed by atoms with van der Waals surface area (Å²) in [6.07, 6.45) is 1.12. The summed E-state index contributed by atoms with van der Waals surface area (Å²) in [5, 5.41) is 0. The third kappa shape index (κ3) is 4.31. The van der Waals surface area contributed by atoms with Gasteiger partial charge in [0.25, 0.3) is 5.91 Å². The molecule has 1 aliphatic carbocycles. The average molecular weight is 361 g/mol. The Morgan fingerprint density at radius 1 is 1.12 bits per heavy atom. The molecule has 0 N–H and O–H groups in total. The minimum Gasteiger partial charge on any atom is -0.497 e. The van der Waals surface area contributed by atoms with Crippen molar-refractivity contribution in [1.82, 2.24) is 4.90 Å². The molecule has 0 aromatic heterocycles. The zero-order valence-electron chi connectivity index (χ0n) is 14.7. The van der Waals surface area contributed by atoms with Gasteiger partial charge in [-0.1, -0.05) is 12.1 Å². The number of hydrogen-bond donors (Lipinski definition) is 0. The van der Waals surface area contributed by atoms with Crippen molar-refractivity contribution >= 4 is 5.91 Å². The Hall–Kier alpha value is -2.63. The van der Waals surface area contributed by atoms with E-state index in [1.165, 1.54) is 6.07 Å². The molecule has 0 aliphatic heterocycles. The molecule has 1 fully saturated rings. The number of amides is 1. The lowest BCUT2D eigenvalue weighted by molar-refractivity contribution is -0.139. The zero-order chi connectivity index (χ0) is 18.7. The Kier molecular flexibility index (Phi) is 5.40. The van der Waals surface area contributed by atoms with Crippen LogP contribution in [0.5, 0.6) is 11.5 Å². The zero-order valence-corrected chi connectivity index (χ0v) is 14.7. The molecule has 1 unspecified atom stereocenters. The highest BCUT2D eigenvalue weighted by Crippen LogP contribution is 2.30. The highest BCUT2D eigenvalue weighted by atomic mass is 19.2. The van der Waals surface area contributed by atoms with Crippen molar-refractivity contribution in [2.45, 2.75) is 38.5 Å². The van der Waals surface area contributed by atoms with E-state index in [9.17, 15) is 13.6 Å². The number of hydrogen-bond acceptors (Lipinski definition) is 3. The number of benzene rings is 2. The SMILES string of the molecule is COc1ccc(CN(C(=O)C(C)Oc2ccc(F)c(F)c2)C2CC2)cc1. The van der Waals surface area contributed by atoms with E-state index in [0.29, 0.717) is 6.54 Å². The summed E-state index contributed by atoms with van der Waals surface area (Å²) in [5.41, 5.74) is 0.992. The number of rotatable bonds is 7. The van der Waals surface area contributed by atoms with Gasteiger partial charge in [0.15, 0.2) is 17.7 Å². The van der Waals surface area contributed by atoms with Gasteiger partial charge in [0.05, 0.1) is 7.11 Å². The number of ether oxygens (including phenoxy) is 2. The monoisotopic (exact) mass is 361 g/mol. The first-order chi connectivity index (χ1) is 12.5. The largest absolute Gasteiger partial charge is 0.497 e. The lowest BCUT2D eigenvalue weighted by Crippen LogP contribution is -2.41. The van der Waals surface area contributed by atoms with Crippen LogP contribution in [0.15, 0.2) is 42.5 Å². The van der Waals surface area contributed by atoms with E-state index >= 15 is 0 Å². The molecule has 1 amide bonds. The molecule has 2 aromatic carbocycles. The summed E-state index contributed by atoms with van der Waals surface area (Å²) in [6.45, 7) is 2.09. The van der Waals surface area contributed by atoms with Crippen LogP contribution in [-0.4, -0.2) is 30.1 Å². The van der Waals surface area contributed by atoms with Crippen molar-refractivity contribution in [2.24, 2.45) is 0 Å². The second kappa shape index (κ2) is 7.72. The molecule has 0 radical (unpaired) electrons. The van der Waals surface area contributed by atoms with E-state index in [4.69, 9.17) is 9.47 Å². The van der Waals surface area contributed by atoms with Gasteiger partial charge in [-0.3, -0.25) is 4.79 Å². The van der Waals surface area contributed by atoms with Gasteiger partial charge >= 0.3 is 0 Å². The molecule has 3 rings (SSSR count). The second-order valence-corrected chi connectivity index (χ2v) is 6.38. The molecule has 26 heavy (non-hydrogen) atoms. The summed E-state index contributed by atoms with van der Waals surface area (Å²) >= 11 is 0. The Morgan fingerprint density at radius 3 is 2.35 bits per heavy atom. The molecule has 0 saturated heterocycles. The average Bonchev–Trinajstić information content (AvgIpc) is 3.47. The molecule has 1 atom stereocenters. The molecular formula is C20H21F2NO3. The van der Waals surface area contributed by atoms with Crippen LogP contribution in [0.1, 0.15) is 25.3 Å². The highest BCUT2D eigenvalue weighted by Gasteiger charge is 2.35. The van der Waals surface area contributed by atoms with Crippen LogP contribution < -0.4 is 9.47 Å². The molecular weight excluding hydrogens is 340 g/mol. The van der Waals surface area contributed by atoms with Crippen LogP contribution in [0.25, 0.3) is 0 Å². The van der Waals surface area contributed by atoms with Crippen molar-refractivity contribution in [1.29, 1.82) is 0 Å². The van der Waals surface area contributed by atoms with Crippen LogP contribution >= 0.6 is 0 Å². The molecule has 4 nitrogen and oxygen atoms in total. The maximum absolute atomic E-state index is 13.3. The third-order valence-electron chi connectivity index (χ3n) is 4.33. The standard InChI is InChI=1S/C20H21F2NO3/c1-13(26-17-9-10-18(21)19(22)11-17)20(24)23(15-5-6-15)12-14-3-7-16(25-2)8-4-14/h3-4,7-11,13,15H,5-6,12H2,1-2H3. The first-order valence-electron chi connectivity index (χ1n) is 8.53. The van der Waals surface area contributed by atoms with Crippen LogP contribution in [0.3, 0.4) is 0 Å². The van der Waals surface area contributed by atoms with Crippen molar-refractivity contribution in [3.8, 4) is 11.5 Å². The van der Waals surface area contributed by atoms with Crippen LogP contribution in [0.4, 0.5) is 8.78 Å². The normalized spacial score (nSPS) is 14.6. The molecule has 1 saturated carbocycles. The number of methoxy groups -OCH3 is 1. The minimum atomic E-state index is -1.00. The summed E-state index contributed by atoms with van der Waals surface area (Å²) < 4.78 is 37.0. The molecule has 0 spiro atoms. The number of carbonyl (C=O) groups excluding carboxylic acids is 1. The Balaban J connectivity index is 1.68. The molecule has 6 heteroatoms. The topological polar surface area (TPSA) is 38.8 Å². The van der Waals surface area contributed by atoms with Gasteiger partial charge in [-0.2, -0.15) is 0 Å². The fraction of sp³-hybridized carbons (Fsp3) is 0.350. The number of nitrogens with zero attached hydrogens (tertiary/aromatic N) is 1. The number of halogens is 2. The lowest BCUT2D eigenvalue weighted by atomic mass is 10.2. The first-order valence-corrected chi connectivity index (χ1v) is 8.53. The maximum Gasteiger partial charge on any atom is 0.263 e. The Labute approximate surface area is 151 Å². The van der Waals surface area contributed by atoms with Crippen molar-refractivity contribution in [2.75, 3.05) is 7.11 Å². The van der Waals surface area contributed by atoms with E-state index in [0.717, 1.165) is 36.3 Å². The summed E-state index contributed by atoms with van der Waals surface area (Å²) in [5.74, 6) is -1.24. The van der Waals surface area contributed by atoms with Gasteiger partial charge in [0.1, 0.15) is 11.5 Å². The highest BCUT2D eigenvalue weighted by molar-refractivity contribution is 5.81. The smallest absolute Gasteiger partial charge is 0.263 e. The van der Waals surface area contributed by atoms with Gasteiger partial charge in [0, 0.05) is 18.7 Å². The van der Waals surface area contributed by atoms with E-state index < -0.39 is 17.7 Å². The van der Waals surface area contributed by atoms with Crippen LogP contribution in [-0.2, 0) is 11.3 Å². The van der Waals surface area contributed by atoms with Crippen LogP contribution in [0.2, 0.25) is 0 Å². The third-order valence-corrected chi connectivity index (χ3v) is 4.33. The predicted octanol–water partition coefficient (Wildman–Crippen LogP) is 3.93. The van der Waals surface area contributed by atoms with E-state index in [1.54, 1.807) is 18.9 Å². The second-order valence-electron chi connectivity index (χ2n) is 6.38. The van der Waals surface area contributed by atoms with E-state index in [2.05, 4.69) is 0 Å². The van der Waals surface area contributed by atoms with Crippen molar-refractivity contribution in [3.63, 3.8) is 0 Å². The lowest BCUT2D eigenvalue weighted by Gasteiger charge is -2.26. The maximum atomic E-state index is 13.3. The fourth-order valence-electron chi connectivity index (χ4n) is 2.74. The quantitative estimate of drug-likeness (QED) is 0.750. The van der Waals surface area contributed by atoms with Crippen LogP contribution in [0, 0.1) is 11.6 Å². The van der Waals surface area contributed by atoms with Gasteiger partial charge in [-0.05, 0) is 49.6 Å². The van der Waals surface area contributed by atoms with Gasteiger partial charge < -0.3 is 14.4 Å². The van der Waals surface area contributed by atoms with Crippen molar-refractivity contribution in [3.05, 3.63) is 59.7 Å². The minimum absolute atomic E-state index is 0.130. The molecule has 138 valence electrons. The van der Waals surface area contributed by atoms with Gasteiger partial charge in [-0.15, -0.1) is 0 Å². The number of carbonyl (C=O) groups is 1. The van der Waals surface area contributed by atoms with Crippen molar-refractivity contribution < 1.29 is 23.0 Å². The molecule has 2 aromatic rings. The van der Waals surface area contributed by atoms with Gasteiger partial charge in [0.2, 0.25) is 0 Å². The summed E-state index contributed by atoms with van der Waals surface area (Å²) in [7, 11) is 1.60. The molecule has 1 aliphatic rings. The summed E-state index contributed by atoms with van der Waals surface area (Å²) in [6, 6.07) is 11.0. The van der Waals surface area contributed by atoms with E-state index in [-0.39, 0.29) is 17.7 Å². The predicted molar refractivity (Wildman–Crippen MR) is 93.0 cm³/mol. The summed E-state index contributed by atoms with van der Waals surface area (Å²) in [4.78, 5) is 14.6. The van der Waals surface area contributed by atoms with E-state index in [1.807, 2.05) is 24.3 Å².